The number of aryl methyl sites for hydroxylation is 2. The molecule has 1 aliphatic heterocycles. The lowest BCUT2D eigenvalue weighted by atomic mass is 9.76. The Morgan fingerprint density at radius 2 is 2.04 bits per heavy atom. The third-order valence-electron chi connectivity index (χ3n) is 6.53. The molecule has 3 heteroatoms. The minimum Gasteiger partial charge on any atom is -0.445 e. The normalized spacial score (nSPS) is 24.2. The highest BCUT2D eigenvalue weighted by atomic mass is 16.5. The summed E-state index contributed by atoms with van der Waals surface area (Å²) in [5, 5.41) is 0. The van der Waals surface area contributed by atoms with Crippen molar-refractivity contribution in [3.63, 3.8) is 0 Å². The number of nitrogens with zero attached hydrogens (tertiary/aromatic N) is 1. The molecule has 0 bridgehead atoms. The van der Waals surface area contributed by atoms with Crippen molar-refractivity contribution in [3.8, 4) is 11.5 Å². The van der Waals surface area contributed by atoms with Crippen LogP contribution in [0.1, 0.15) is 69.4 Å². The Hall–Kier alpha value is -1.61. The van der Waals surface area contributed by atoms with Gasteiger partial charge in [-0.25, -0.2) is 4.98 Å². The number of hydrogen-bond donors (Lipinski definition) is 0. The van der Waals surface area contributed by atoms with E-state index in [2.05, 4.69) is 30.1 Å². The Morgan fingerprint density at radius 3 is 2.73 bits per heavy atom. The van der Waals surface area contributed by atoms with Crippen LogP contribution in [0.4, 0.5) is 0 Å². The maximum atomic E-state index is 6.49. The van der Waals surface area contributed by atoms with E-state index in [1.54, 1.807) is 12.5 Å². The standard InChI is InChI=1S/C23H31NO2/c1-2-19-17-18(9-10-21(19)22-24-14-16-25-22)11-13-23(12-5-6-15-26-23)20-7-3-4-8-20/h9-10,14,16-17,20H,2-8,11-13,15H2,1H3. The van der Waals surface area contributed by atoms with E-state index in [1.165, 1.54) is 62.5 Å². The van der Waals surface area contributed by atoms with Gasteiger partial charge in [-0.15, -0.1) is 0 Å². The molecule has 1 aliphatic carbocycles. The topological polar surface area (TPSA) is 35.3 Å². The summed E-state index contributed by atoms with van der Waals surface area (Å²) in [6.07, 6.45) is 16.0. The van der Waals surface area contributed by atoms with Gasteiger partial charge in [-0.1, -0.05) is 31.9 Å². The summed E-state index contributed by atoms with van der Waals surface area (Å²) < 4.78 is 12.0. The van der Waals surface area contributed by atoms with Crippen molar-refractivity contribution in [2.24, 2.45) is 5.92 Å². The molecule has 3 nitrogen and oxygen atoms in total. The van der Waals surface area contributed by atoms with E-state index in [-0.39, 0.29) is 5.60 Å². The number of ether oxygens (including phenoxy) is 1. The Kier molecular flexibility index (Phi) is 5.44. The van der Waals surface area contributed by atoms with Crippen LogP contribution in [-0.4, -0.2) is 17.2 Å². The highest BCUT2D eigenvalue weighted by molar-refractivity contribution is 5.59. The van der Waals surface area contributed by atoms with Gasteiger partial charge in [-0.3, -0.25) is 0 Å². The minimum atomic E-state index is 0.141. The van der Waals surface area contributed by atoms with Crippen LogP contribution in [-0.2, 0) is 17.6 Å². The third-order valence-corrected chi connectivity index (χ3v) is 6.53. The average molecular weight is 354 g/mol. The lowest BCUT2D eigenvalue weighted by Gasteiger charge is -2.42. The average Bonchev–Trinajstić information content (AvgIpc) is 3.41. The number of oxazole rings is 1. The summed E-state index contributed by atoms with van der Waals surface area (Å²) in [6, 6.07) is 6.79. The Morgan fingerprint density at radius 1 is 1.15 bits per heavy atom. The van der Waals surface area contributed by atoms with Crippen molar-refractivity contribution < 1.29 is 9.15 Å². The molecule has 0 N–H and O–H groups in total. The molecule has 4 rings (SSSR count). The van der Waals surface area contributed by atoms with Crippen LogP contribution in [0.25, 0.3) is 11.5 Å². The maximum absolute atomic E-state index is 6.49. The predicted octanol–water partition coefficient (Wildman–Crippen LogP) is 5.97. The summed E-state index contributed by atoms with van der Waals surface area (Å²) >= 11 is 0. The molecule has 1 aromatic carbocycles. The quantitative estimate of drug-likeness (QED) is 0.642. The van der Waals surface area contributed by atoms with E-state index in [1.807, 2.05) is 0 Å². The number of rotatable bonds is 6. The molecule has 26 heavy (non-hydrogen) atoms. The highest BCUT2D eigenvalue weighted by Crippen LogP contribution is 2.44. The fourth-order valence-corrected chi connectivity index (χ4v) is 5.07. The first-order valence-electron chi connectivity index (χ1n) is 10.5. The fraction of sp³-hybridized carbons (Fsp3) is 0.609. The second kappa shape index (κ2) is 7.96. The molecular weight excluding hydrogens is 322 g/mol. The van der Waals surface area contributed by atoms with Crippen LogP contribution < -0.4 is 0 Å². The Labute approximate surface area is 157 Å². The number of aromatic nitrogens is 1. The van der Waals surface area contributed by atoms with Crippen LogP contribution in [0, 0.1) is 5.92 Å². The van der Waals surface area contributed by atoms with Gasteiger partial charge in [-0.05, 0) is 74.5 Å². The lowest BCUT2D eigenvalue weighted by molar-refractivity contribution is -0.120. The Balaban J connectivity index is 1.51. The molecule has 1 aromatic heterocycles. The van der Waals surface area contributed by atoms with Gasteiger partial charge in [0.25, 0.3) is 0 Å². The van der Waals surface area contributed by atoms with E-state index < -0.39 is 0 Å². The molecule has 1 atom stereocenters. The lowest BCUT2D eigenvalue weighted by Crippen LogP contribution is -2.43. The van der Waals surface area contributed by atoms with E-state index in [4.69, 9.17) is 9.15 Å². The van der Waals surface area contributed by atoms with Crippen LogP contribution in [0.5, 0.6) is 0 Å². The zero-order valence-electron chi connectivity index (χ0n) is 16.0. The van der Waals surface area contributed by atoms with Crippen molar-refractivity contribution in [1.29, 1.82) is 0 Å². The van der Waals surface area contributed by atoms with Gasteiger partial charge in [0.15, 0.2) is 0 Å². The SMILES string of the molecule is CCc1cc(CCC2(C3CCCC3)CCCCO2)ccc1-c1ncco1. The number of hydrogen-bond acceptors (Lipinski definition) is 3. The summed E-state index contributed by atoms with van der Waals surface area (Å²) in [5.74, 6) is 1.51. The smallest absolute Gasteiger partial charge is 0.226 e. The molecule has 0 radical (unpaired) electrons. The molecule has 140 valence electrons. The van der Waals surface area contributed by atoms with E-state index >= 15 is 0 Å². The fourth-order valence-electron chi connectivity index (χ4n) is 5.07. The zero-order chi connectivity index (χ0) is 17.8. The van der Waals surface area contributed by atoms with Gasteiger partial charge >= 0.3 is 0 Å². The van der Waals surface area contributed by atoms with Crippen molar-refractivity contribution in [2.45, 2.75) is 76.7 Å². The molecule has 2 heterocycles. The third kappa shape index (κ3) is 3.59. The summed E-state index contributed by atoms with van der Waals surface area (Å²) in [6.45, 7) is 3.16. The summed E-state index contributed by atoms with van der Waals surface area (Å²) in [5.41, 5.74) is 4.01. The molecule has 0 amide bonds. The van der Waals surface area contributed by atoms with Crippen molar-refractivity contribution in [1.82, 2.24) is 4.98 Å². The molecule has 2 aromatic rings. The van der Waals surface area contributed by atoms with E-state index in [0.29, 0.717) is 0 Å². The van der Waals surface area contributed by atoms with E-state index in [9.17, 15) is 0 Å². The summed E-state index contributed by atoms with van der Waals surface area (Å²) in [4.78, 5) is 4.32. The van der Waals surface area contributed by atoms with Gasteiger partial charge in [0.2, 0.25) is 5.89 Å². The maximum Gasteiger partial charge on any atom is 0.226 e. The molecular formula is C23H31NO2. The molecule has 1 saturated carbocycles. The second-order valence-corrected chi connectivity index (χ2v) is 8.03. The van der Waals surface area contributed by atoms with Crippen molar-refractivity contribution in [2.75, 3.05) is 6.61 Å². The predicted molar refractivity (Wildman–Crippen MR) is 104 cm³/mol. The first-order valence-corrected chi connectivity index (χ1v) is 10.5. The molecule has 2 fully saturated rings. The first-order chi connectivity index (χ1) is 12.8. The monoisotopic (exact) mass is 353 g/mol. The number of benzene rings is 1. The second-order valence-electron chi connectivity index (χ2n) is 8.03. The van der Waals surface area contributed by atoms with Gasteiger partial charge in [-0.2, -0.15) is 0 Å². The van der Waals surface area contributed by atoms with Gasteiger partial charge in [0.1, 0.15) is 6.26 Å². The highest BCUT2D eigenvalue weighted by Gasteiger charge is 2.41. The molecule has 0 spiro atoms. The van der Waals surface area contributed by atoms with Crippen LogP contribution in [0.15, 0.2) is 35.1 Å². The molecule has 2 aliphatic rings. The Bertz CT molecular complexity index is 695. The van der Waals surface area contributed by atoms with Gasteiger partial charge in [0.05, 0.1) is 11.8 Å². The minimum absolute atomic E-state index is 0.141. The van der Waals surface area contributed by atoms with Crippen LogP contribution in [0.2, 0.25) is 0 Å². The van der Waals surface area contributed by atoms with Crippen molar-refractivity contribution >= 4 is 0 Å². The first kappa shape index (κ1) is 17.8. The van der Waals surface area contributed by atoms with E-state index in [0.717, 1.165) is 36.8 Å². The zero-order valence-corrected chi connectivity index (χ0v) is 16.0. The van der Waals surface area contributed by atoms with Crippen LogP contribution >= 0.6 is 0 Å². The summed E-state index contributed by atoms with van der Waals surface area (Å²) in [7, 11) is 0. The molecule has 1 saturated heterocycles. The van der Waals surface area contributed by atoms with Gasteiger partial charge in [0, 0.05) is 12.2 Å². The van der Waals surface area contributed by atoms with Crippen LogP contribution in [0.3, 0.4) is 0 Å². The van der Waals surface area contributed by atoms with Crippen molar-refractivity contribution in [3.05, 3.63) is 41.8 Å². The molecule has 1 unspecified atom stereocenters. The van der Waals surface area contributed by atoms with Gasteiger partial charge < -0.3 is 9.15 Å². The largest absolute Gasteiger partial charge is 0.445 e.